The van der Waals surface area contributed by atoms with Crippen molar-refractivity contribution in [3.8, 4) is 6.07 Å². The number of rotatable bonds is 15. The molecule has 0 aliphatic carbocycles. The molecule has 0 radical (unpaired) electrons. The Labute approximate surface area is 217 Å². The molecule has 5 atom stereocenters. The van der Waals surface area contributed by atoms with Crippen LogP contribution in [0.3, 0.4) is 0 Å². The van der Waals surface area contributed by atoms with Gasteiger partial charge in [0, 0.05) is 45.7 Å². The standard InChI is InChI=1S/C21H36N4O10P2/c1-14(2)25(15(3)4)36(33-12-8-10-22)35-18-17(29-5)19(24-11-9-16(26)23-21(24)27)34-20(18)32-13-37(28,30-6)31-7/h9,11,14-15,17-20H,8,12-13H2,1-7H3,(H,23,26,27). The lowest BCUT2D eigenvalue weighted by Crippen LogP contribution is -2.41. The van der Waals surface area contributed by atoms with E-state index in [1.165, 1.54) is 33.6 Å². The summed E-state index contributed by atoms with van der Waals surface area (Å²) in [5, 5.41) is 9.00. The molecule has 1 aromatic heterocycles. The van der Waals surface area contributed by atoms with Crippen molar-refractivity contribution in [1.82, 2.24) is 14.2 Å². The molecule has 14 nitrogen and oxygen atoms in total. The third kappa shape index (κ3) is 8.25. The summed E-state index contributed by atoms with van der Waals surface area (Å²) in [6.45, 7) is 8.05. The molecule has 2 heterocycles. The van der Waals surface area contributed by atoms with Crippen molar-refractivity contribution in [3.05, 3.63) is 33.1 Å². The van der Waals surface area contributed by atoms with E-state index in [2.05, 4.69) is 4.98 Å². The first-order valence-corrected chi connectivity index (χ1v) is 14.4. The molecule has 0 spiro atoms. The molecule has 210 valence electrons. The Kier molecular flexibility index (Phi) is 12.5. The largest absolute Gasteiger partial charge is 0.374 e. The van der Waals surface area contributed by atoms with Crippen LogP contribution in [0.1, 0.15) is 40.3 Å². The molecule has 2 rings (SSSR count). The van der Waals surface area contributed by atoms with Crippen molar-refractivity contribution in [2.75, 3.05) is 34.3 Å². The number of nitrogens with zero attached hydrogens (tertiary/aromatic N) is 3. The Morgan fingerprint density at radius 2 is 1.84 bits per heavy atom. The number of ether oxygens (including phenoxy) is 3. The van der Waals surface area contributed by atoms with E-state index in [1.807, 2.05) is 38.4 Å². The first-order chi connectivity index (χ1) is 17.5. The molecule has 0 aromatic carbocycles. The quantitative estimate of drug-likeness (QED) is 0.244. The highest BCUT2D eigenvalue weighted by Crippen LogP contribution is 2.52. The lowest BCUT2D eigenvalue weighted by atomic mass is 10.2. The molecule has 16 heteroatoms. The van der Waals surface area contributed by atoms with E-state index in [0.717, 1.165) is 4.57 Å². The Balaban J connectivity index is 2.47. The molecule has 5 unspecified atom stereocenters. The van der Waals surface area contributed by atoms with Gasteiger partial charge in [0.05, 0.1) is 19.1 Å². The monoisotopic (exact) mass is 566 g/mol. The highest BCUT2D eigenvalue weighted by Gasteiger charge is 2.51. The second-order valence-electron chi connectivity index (χ2n) is 8.50. The average molecular weight is 566 g/mol. The zero-order chi connectivity index (χ0) is 27.8. The maximum atomic E-state index is 12.6. The number of hydrogen-bond acceptors (Lipinski definition) is 12. The number of hydrogen-bond donors (Lipinski definition) is 1. The Bertz CT molecular complexity index is 1040. The predicted octanol–water partition coefficient (Wildman–Crippen LogP) is 2.53. The van der Waals surface area contributed by atoms with Gasteiger partial charge < -0.3 is 32.3 Å². The van der Waals surface area contributed by atoms with E-state index >= 15 is 0 Å². The number of nitrogens with one attached hydrogen (secondary N) is 1. The van der Waals surface area contributed by atoms with Crippen LogP contribution in [0.25, 0.3) is 0 Å². The zero-order valence-electron chi connectivity index (χ0n) is 22.1. The van der Waals surface area contributed by atoms with Crippen LogP contribution in [-0.2, 0) is 36.9 Å². The first kappa shape index (κ1) is 31.7. The highest BCUT2D eigenvalue weighted by molar-refractivity contribution is 7.53. The van der Waals surface area contributed by atoms with Gasteiger partial charge >= 0.3 is 13.3 Å². The lowest BCUT2D eigenvalue weighted by molar-refractivity contribution is -0.166. The van der Waals surface area contributed by atoms with Crippen LogP contribution in [0.4, 0.5) is 0 Å². The van der Waals surface area contributed by atoms with E-state index in [-0.39, 0.29) is 25.1 Å². The van der Waals surface area contributed by atoms with Crippen LogP contribution in [0.15, 0.2) is 21.9 Å². The van der Waals surface area contributed by atoms with E-state index in [1.54, 1.807) is 0 Å². The minimum absolute atomic E-state index is 0.00990. The summed E-state index contributed by atoms with van der Waals surface area (Å²) < 4.78 is 55.6. The van der Waals surface area contributed by atoms with Crippen molar-refractivity contribution in [2.45, 2.75) is 70.9 Å². The average Bonchev–Trinajstić information content (AvgIpc) is 3.18. The molecule has 0 saturated carbocycles. The van der Waals surface area contributed by atoms with Crippen molar-refractivity contribution >= 4 is 16.1 Å². The van der Waals surface area contributed by atoms with Crippen molar-refractivity contribution in [1.29, 1.82) is 5.26 Å². The third-order valence-electron chi connectivity index (χ3n) is 5.37. The minimum atomic E-state index is -3.59. The molecule has 1 saturated heterocycles. The normalized spacial score (nSPS) is 23.2. The smallest absolute Gasteiger partial charge is 0.355 e. The number of aromatic amines is 1. The molecule has 0 amide bonds. The minimum Gasteiger partial charge on any atom is -0.374 e. The fraction of sp³-hybridized carbons (Fsp3) is 0.762. The van der Waals surface area contributed by atoms with Crippen LogP contribution in [0.5, 0.6) is 0 Å². The molecular formula is C21H36N4O10P2. The molecule has 1 aliphatic rings. The predicted molar refractivity (Wildman–Crippen MR) is 134 cm³/mol. The molecular weight excluding hydrogens is 530 g/mol. The van der Waals surface area contributed by atoms with Gasteiger partial charge in [-0.05, 0) is 27.7 Å². The number of aromatic nitrogens is 2. The van der Waals surface area contributed by atoms with E-state index < -0.39 is 58.4 Å². The molecule has 1 N–H and O–H groups in total. The summed E-state index contributed by atoms with van der Waals surface area (Å²) in [5.74, 6) is 0. The van der Waals surface area contributed by atoms with Gasteiger partial charge in [0.1, 0.15) is 12.2 Å². The molecule has 1 aliphatic heterocycles. The van der Waals surface area contributed by atoms with E-state index in [4.69, 9.17) is 37.6 Å². The van der Waals surface area contributed by atoms with Gasteiger partial charge in [-0.2, -0.15) is 5.26 Å². The van der Waals surface area contributed by atoms with Gasteiger partial charge in [-0.25, -0.2) is 9.46 Å². The molecule has 1 fully saturated rings. The van der Waals surface area contributed by atoms with Crippen LogP contribution >= 0.6 is 16.1 Å². The number of methoxy groups -OCH3 is 1. The van der Waals surface area contributed by atoms with Gasteiger partial charge in [0.25, 0.3) is 14.1 Å². The van der Waals surface area contributed by atoms with Gasteiger partial charge in [0.2, 0.25) is 0 Å². The summed E-state index contributed by atoms with van der Waals surface area (Å²) >= 11 is 0. The summed E-state index contributed by atoms with van der Waals surface area (Å²) in [6.07, 6.45) is -3.21. The van der Waals surface area contributed by atoms with Crippen molar-refractivity contribution in [3.63, 3.8) is 0 Å². The Morgan fingerprint density at radius 1 is 1.19 bits per heavy atom. The second-order valence-corrected chi connectivity index (χ2v) is 12.1. The summed E-state index contributed by atoms with van der Waals surface area (Å²) in [6, 6.07) is 3.23. The fourth-order valence-electron chi connectivity index (χ4n) is 3.70. The van der Waals surface area contributed by atoms with Crippen LogP contribution in [-0.4, -0.2) is 79.1 Å². The molecule has 1 aromatic rings. The Hall–Kier alpha value is -1.49. The van der Waals surface area contributed by atoms with E-state index in [0.29, 0.717) is 0 Å². The van der Waals surface area contributed by atoms with Gasteiger partial charge in [0.15, 0.2) is 18.9 Å². The number of H-pyrrole nitrogens is 1. The fourth-order valence-corrected chi connectivity index (χ4v) is 6.12. The maximum absolute atomic E-state index is 12.6. The van der Waals surface area contributed by atoms with Crippen molar-refractivity contribution in [2.24, 2.45) is 0 Å². The summed E-state index contributed by atoms with van der Waals surface area (Å²) in [4.78, 5) is 26.3. The second kappa shape index (κ2) is 14.6. The van der Waals surface area contributed by atoms with Crippen LogP contribution < -0.4 is 11.2 Å². The van der Waals surface area contributed by atoms with Crippen LogP contribution in [0.2, 0.25) is 0 Å². The highest BCUT2D eigenvalue weighted by atomic mass is 31.2. The third-order valence-corrected chi connectivity index (χ3v) is 9.08. The topological polar surface area (TPSA) is 164 Å². The summed E-state index contributed by atoms with van der Waals surface area (Å²) in [7, 11) is -1.49. The van der Waals surface area contributed by atoms with Crippen molar-refractivity contribution < 1.29 is 36.9 Å². The number of nitriles is 1. The lowest BCUT2D eigenvalue weighted by Gasteiger charge is -2.38. The maximum Gasteiger partial charge on any atom is 0.355 e. The zero-order valence-corrected chi connectivity index (χ0v) is 23.8. The SMILES string of the molecule is COC1C(OP(OCCC#N)N(C(C)C)C(C)C)C(OCP(=O)(OC)OC)OC1n1ccc(=O)[nH]c1=O. The van der Waals surface area contributed by atoms with Gasteiger partial charge in [-0.15, -0.1) is 0 Å². The Morgan fingerprint density at radius 3 is 2.35 bits per heavy atom. The van der Waals surface area contributed by atoms with Crippen LogP contribution in [0, 0.1) is 11.3 Å². The van der Waals surface area contributed by atoms with Gasteiger partial charge in [-0.1, -0.05) is 0 Å². The van der Waals surface area contributed by atoms with E-state index in [9.17, 15) is 14.2 Å². The molecule has 37 heavy (non-hydrogen) atoms. The van der Waals surface area contributed by atoms with Gasteiger partial charge in [-0.3, -0.25) is 18.9 Å². The summed E-state index contributed by atoms with van der Waals surface area (Å²) in [5.41, 5.74) is -1.30. The molecule has 0 bridgehead atoms. The first-order valence-electron chi connectivity index (χ1n) is 11.6.